The van der Waals surface area contributed by atoms with Gasteiger partial charge in [0, 0.05) is 16.8 Å². The Morgan fingerprint density at radius 3 is 2.10 bits per heavy atom. The monoisotopic (exact) mass is 513 g/mol. The summed E-state index contributed by atoms with van der Waals surface area (Å²) in [5, 5.41) is 22.4. The number of para-hydroxylation sites is 2. The first-order chi connectivity index (χ1) is 18.8. The van der Waals surface area contributed by atoms with Crippen LogP contribution in [0.25, 0.3) is 16.6 Å². The maximum Gasteiger partial charge on any atom is 0.276 e. The van der Waals surface area contributed by atoms with Crippen LogP contribution in [0.5, 0.6) is 5.88 Å². The van der Waals surface area contributed by atoms with Crippen molar-refractivity contribution >= 4 is 29.3 Å². The third-order valence-corrected chi connectivity index (χ3v) is 6.23. The summed E-state index contributed by atoms with van der Waals surface area (Å²) in [6.45, 7) is 10.5. The number of pyridine rings is 1. The molecule has 2 heterocycles. The Hall–Kier alpha value is -5.73. The fraction of sp³-hybridized carbons (Fsp3) is 0.0645. The van der Waals surface area contributed by atoms with Gasteiger partial charge in [-0.25, -0.2) is 9.74 Å². The van der Waals surface area contributed by atoms with Gasteiger partial charge in [0.15, 0.2) is 5.69 Å². The number of benzene rings is 2. The number of nitriles is 1. The Morgan fingerprint density at radius 1 is 0.897 bits per heavy atom. The van der Waals surface area contributed by atoms with Gasteiger partial charge < -0.3 is 9.67 Å². The zero-order valence-corrected chi connectivity index (χ0v) is 21.1. The molecule has 2 aromatic carbocycles. The first kappa shape index (κ1) is 26.3. The third kappa shape index (κ3) is 4.83. The molecule has 0 saturated heterocycles. The third-order valence-electron chi connectivity index (χ3n) is 6.23. The molecule has 1 aromatic heterocycles. The Kier molecular flexibility index (Phi) is 7.51. The highest BCUT2D eigenvalue weighted by molar-refractivity contribution is 6.31. The standard InChI is InChI=1S/C31H22N4O4/c1-20-24(28(36)34(30(38)26(20)19-32)22-13-7-4-8-14-22)17-11-6-12-18-25-21(2)27(33-3)31(39)35(29(25)37)23-15-9-5-10-16-23/h4-18,39H,1-2H3/p-1/b11-6?,18-12?,24-17-. The van der Waals surface area contributed by atoms with E-state index >= 15 is 0 Å². The van der Waals surface area contributed by atoms with Crippen LogP contribution in [-0.4, -0.2) is 16.4 Å². The molecule has 0 saturated carbocycles. The number of rotatable bonds is 5. The van der Waals surface area contributed by atoms with Gasteiger partial charge in [-0.15, -0.1) is 0 Å². The van der Waals surface area contributed by atoms with Crippen molar-refractivity contribution in [2.75, 3.05) is 4.90 Å². The Morgan fingerprint density at radius 2 is 1.51 bits per heavy atom. The van der Waals surface area contributed by atoms with E-state index in [1.165, 1.54) is 19.1 Å². The van der Waals surface area contributed by atoms with Gasteiger partial charge >= 0.3 is 0 Å². The molecule has 8 nitrogen and oxygen atoms in total. The minimum Gasteiger partial charge on any atom is -0.868 e. The van der Waals surface area contributed by atoms with Crippen LogP contribution >= 0.6 is 0 Å². The van der Waals surface area contributed by atoms with Crippen LogP contribution in [0.1, 0.15) is 18.1 Å². The van der Waals surface area contributed by atoms with Gasteiger partial charge in [-0.05, 0) is 61.2 Å². The van der Waals surface area contributed by atoms with Gasteiger partial charge in [-0.2, -0.15) is 5.26 Å². The molecular formula is C31H21N4O4-. The zero-order valence-electron chi connectivity index (χ0n) is 21.1. The van der Waals surface area contributed by atoms with Crippen LogP contribution in [0.4, 0.5) is 11.4 Å². The number of carbonyl (C=O) groups excluding carboxylic acids is 2. The van der Waals surface area contributed by atoms with E-state index in [2.05, 4.69) is 4.85 Å². The second kappa shape index (κ2) is 11.1. The summed E-state index contributed by atoms with van der Waals surface area (Å²) < 4.78 is 0.971. The van der Waals surface area contributed by atoms with Crippen LogP contribution in [0.2, 0.25) is 0 Å². The molecule has 39 heavy (non-hydrogen) atoms. The van der Waals surface area contributed by atoms with Crippen molar-refractivity contribution in [2.45, 2.75) is 13.8 Å². The van der Waals surface area contributed by atoms with Crippen molar-refractivity contribution in [3.8, 4) is 17.6 Å². The molecule has 0 spiro atoms. The molecule has 4 rings (SSSR count). The van der Waals surface area contributed by atoms with E-state index in [0.29, 0.717) is 11.4 Å². The molecular weight excluding hydrogens is 492 g/mol. The first-order valence-electron chi connectivity index (χ1n) is 11.8. The molecule has 1 aliphatic rings. The van der Waals surface area contributed by atoms with Crippen molar-refractivity contribution in [1.82, 2.24) is 4.57 Å². The number of imide groups is 1. The summed E-state index contributed by atoms with van der Waals surface area (Å²) in [5.41, 5.74) is 0.766. The lowest BCUT2D eigenvalue weighted by molar-refractivity contribution is -0.276. The van der Waals surface area contributed by atoms with E-state index in [1.54, 1.807) is 85.8 Å². The SMILES string of the molecule is [C-]#[N+]c1c(C)c(C=CC=C/C=C2\C(=O)N(c3ccccc3)C(=O)C(C#N)=C2C)c(=O)n(-c2ccccc2)c1[O-]. The van der Waals surface area contributed by atoms with E-state index < -0.39 is 23.3 Å². The summed E-state index contributed by atoms with van der Waals surface area (Å²) in [7, 11) is 0. The predicted octanol–water partition coefficient (Wildman–Crippen LogP) is 4.68. The maximum absolute atomic E-state index is 13.2. The summed E-state index contributed by atoms with van der Waals surface area (Å²) in [6.07, 6.45) is 7.64. The highest BCUT2D eigenvalue weighted by Crippen LogP contribution is 2.31. The first-order valence-corrected chi connectivity index (χ1v) is 11.8. The van der Waals surface area contributed by atoms with Crippen LogP contribution in [0.15, 0.2) is 106 Å². The second-order valence-electron chi connectivity index (χ2n) is 8.50. The Bertz CT molecular complexity index is 1750. The number of amides is 2. The Balaban J connectivity index is 1.71. The molecule has 1 aliphatic heterocycles. The highest BCUT2D eigenvalue weighted by Gasteiger charge is 2.36. The molecule has 0 fully saturated rings. The Labute approximate surface area is 224 Å². The van der Waals surface area contributed by atoms with E-state index in [0.717, 1.165) is 9.47 Å². The fourth-order valence-corrected chi connectivity index (χ4v) is 4.19. The largest absolute Gasteiger partial charge is 0.868 e. The number of anilines is 1. The smallest absolute Gasteiger partial charge is 0.276 e. The minimum absolute atomic E-state index is 0.130. The van der Waals surface area contributed by atoms with E-state index in [-0.39, 0.29) is 33.5 Å². The minimum atomic E-state index is -0.685. The predicted molar refractivity (Wildman–Crippen MR) is 146 cm³/mol. The lowest BCUT2D eigenvalue weighted by atomic mass is 9.94. The number of allylic oxidation sites excluding steroid dienone is 4. The van der Waals surface area contributed by atoms with Crippen molar-refractivity contribution < 1.29 is 14.7 Å². The molecule has 0 bridgehead atoms. The highest BCUT2D eigenvalue weighted by atomic mass is 16.3. The van der Waals surface area contributed by atoms with Crippen molar-refractivity contribution in [1.29, 1.82) is 5.26 Å². The number of carbonyl (C=O) groups is 2. The molecule has 2 amide bonds. The normalized spacial score (nSPS) is 14.9. The molecule has 8 heteroatoms. The van der Waals surface area contributed by atoms with Gasteiger partial charge in [0.25, 0.3) is 17.4 Å². The molecule has 190 valence electrons. The lowest BCUT2D eigenvalue weighted by Gasteiger charge is -2.27. The number of hydrogen-bond acceptors (Lipinski definition) is 5. The van der Waals surface area contributed by atoms with E-state index in [4.69, 9.17) is 6.57 Å². The summed E-state index contributed by atoms with van der Waals surface area (Å²) in [4.78, 5) is 43.5. The van der Waals surface area contributed by atoms with Gasteiger partial charge in [0.05, 0.1) is 12.3 Å². The van der Waals surface area contributed by atoms with Gasteiger partial charge in [-0.3, -0.25) is 14.4 Å². The molecule has 0 aliphatic carbocycles. The van der Waals surface area contributed by atoms with Crippen molar-refractivity contribution in [3.63, 3.8) is 0 Å². The number of nitrogens with zero attached hydrogens (tertiary/aromatic N) is 4. The summed E-state index contributed by atoms with van der Waals surface area (Å²) in [6, 6.07) is 18.6. The van der Waals surface area contributed by atoms with E-state index in [9.17, 15) is 24.8 Å². The quantitative estimate of drug-likeness (QED) is 0.213. The van der Waals surface area contributed by atoms with Crippen LogP contribution in [0, 0.1) is 24.8 Å². The second-order valence-corrected chi connectivity index (χ2v) is 8.50. The van der Waals surface area contributed by atoms with Crippen molar-refractivity contribution in [3.05, 3.63) is 135 Å². The fourth-order valence-electron chi connectivity index (χ4n) is 4.19. The summed E-state index contributed by atoms with van der Waals surface area (Å²) in [5.74, 6) is -1.93. The van der Waals surface area contributed by atoms with Crippen LogP contribution in [-0.2, 0) is 9.59 Å². The van der Waals surface area contributed by atoms with Gasteiger partial charge in [-0.1, -0.05) is 60.7 Å². The molecule has 0 N–H and O–H groups in total. The van der Waals surface area contributed by atoms with Crippen LogP contribution < -0.4 is 15.6 Å². The number of hydrogen-bond donors (Lipinski definition) is 0. The number of aromatic nitrogens is 1. The zero-order chi connectivity index (χ0) is 28.1. The van der Waals surface area contributed by atoms with Crippen LogP contribution in [0.3, 0.4) is 0 Å². The molecule has 0 radical (unpaired) electrons. The molecule has 0 atom stereocenters. The lowest BCUT2D eigenvalue weighted by Crippen LogP contribution is -2.42. The average molecular weight is 514 g/mol. The average Bonchev–Trinajstić information content (AvgIpc) is 2.93. The topological polar surface area (TPSA) is 111 Å². The van der Waals surface area contributed by atoms with E-state index in [1.807, 2.05) is 6.07 Å². The molecule has 3 aromatic rings. The molecule has 0 unspecified atom stereocenters. The van der Waals surface area contributed by atoms with Gasteiger partial charge in [0.2, 0.25) is 0 Å². The van der Waals surface area contributed by atoms with Gasteiger partial charge in [0.1, 0.15) is 11.6 Å². The summed E-state index contributed by atoms with van der Waals surface area (Å²) >= 11 is 0. The van der Waals surface area contributed by atoms with Crippen molar-refractivity contribution in [2.24, 2.45) is 0 Å². The maximum atomic E-state index is 13.2.